The first kappa shape index (κ1) is 16.9. The standard InChI is InChI=1S/C14H19BrN2O2S/c1-3-19-13(18)5-4-8-16-14(20)17-11-6-7-12(15)10(2)9-11/h6-7,9H,3-5,8H2,1-2H3,(H2,16,17,20). The number of thiocarbonyl (C=S) groups is 1. The maximum absolute atomic E-state index is 11.1. The summed E-state index contributed by atoms with van der Waals surface area (Å²) in [5.74, 6) is -0.170. The number of carbonyl (C=O) groups excluding carboxylic acids is 1. The fraction of sp³-hybridized carbons (Fsp3) is 0.429. The smallest absolute Gasteiger partial charge is 0.305 e. The van der Waals surface area contributed by atoms with E-state index in [9.17, 15) is 4.79 Å². The molecule has 6 heteroatoms. The van der Waals surface area contributed by atoms with Crippen LogP contribution in [-0.4, -0.2) is 24.2 Å². The van der Waals surface area contributed by atoms with E-state index in [-0.39, 0.29) is 5.97 Å². The number of carbonyl (C=O) groups is 1. The molecule has 0 saturated carbocycles. The fourth-order valence-corrected chi connectivity index (χ4v) is 2.03. The van der Waals surface area contributed by atoms with Crippen LogP contribution < -0.4 is 10.6 Å². The Labute approximate surface area is 133 Å². The Morgan fingerprint density at radius 2 is 2.20 bits per heavy atom. The highest BCUT2D eigenvalue weighted by atomic mass is 79.9. The molecule has 0 spiro atoms. The van der Waals surface area contributed by atoms with Crippen LogP contribution in [0.4, 0.5) is 5.69 Å². The Balaban J connectivity index is 2.26. The largest absolute Gasteiger partial charge is 0.466 e. The lowest BCUT2D eigenvalue weighted by molar-refractivity contribution is -0.143. The zero-order valence-corrected chi connectivity index (χ0v) is 14.1. The molecule has 0 aliphatic carbocycles. The van der Waals surface area contributed by atoms with Gasteiger partial charge in [-0.05, 0) is 56.2 Å². The number of nitrogens with one attached hydrogen (secondary N) is 2. The number of esters is 1. The number of aryl methyl sites for hydroxylation is 1. The van der Waals surface area contributed by atoms with Gasteiger partial charge >= 0.3 is 5.97 Å². The van der Waals surface area contributed by atoms with E-state index in [1.54, 1.807) is 6.92 Å². The van der Waals surface area contributed by atoms with Gasteiger partial charge in [-0.1, -0.05) is 15.9 Å². The van der Waals surface area contributed by atoms with E-state index in [2.05, 4.69) is 26.6 Å². The first-order valence-corrected chi connectivity index (χ1v) is 7.69. The van der Waals surface area contributed by atoms with Crippen molar-refractivity contribution in [2.24, 2.45) is 0 Å². The van der Waals surface area contributed by atoms with Crippen LogP contribution in [0.2, 0.25) is 0 Å². The summed E-state index contributed by atoms with van der Waals surface area (Å²) in [4.78, 5) is 11.1. The molecule has 20 heavy (non-hydrogen) atoms. The topological polar surface area (TPSA) is 50.4 Å². The van der Waals surface area contributed by atoms with Gasteiger partial charge in [-0.3, -0.25) is 4.79 Å². The summed E-state index contributed by atoms with van der Waals surface area (Å²) in [6, 6.07) is 5.93. The zero-order valence-electron chi connectivity index (χ0n) is 11.7. The van der Waals surface area contributed by atoms with Crippen molar-refractivity contribution >= 4 is 44.9 Å². The second-order valence-electron chi connectivity index (χ2n) is 4.25. The van der Waals surface area contributed by atoms with Crippen molar-refractivity contribution in [1.29, 1.82) is 0 Å². The van der Waals surface area contributed by atoms with Crippen molar-refractivity contribution < 1.29 is 9.53 Å². The predicted molar refractivity (Wildman–Crippen MR) is 89.0 cm³/mol. The van der Waals surface area contributed by atoms with Crippen molar-refractivity contribution in [3.8, 4) is 0 Å². The van der Waals surface area contributed by atoms with Gasteiger partial charge in [0.1, 0.15) is 0 Å². The zero-order chi connectivity index (χ0) is 15.0. The molecule has 0 amide bonds. The van der Waals surface area contributed by atoms with Crippen LogP contribution in [0.3, 0.4) is 0 Å². The quantitative estimate of drug-likeness (QED) is 0.463. The normalized spacial score (nSPS) is 9.95. The molecule has 0 heterocycles. The summed E-state index contributed by atoms with van der Waals surface area (Å²) >= 11 is 8.65. The predicted octanol–water partition coefficient (Wildman–Crippen LogP) is 3.39. The van der Waals surface area contributed by atoms with Crippen LogP contribution in [0, 0.1) is 6.92 Å². The van der Waals surface area contributed by atoms with E-state index in [1.807, 2.05) is 25.1 Å². The van der Waals surface area contributed by atoms with Gasteiger partial charge in [0.15, 0.2) is 5.11 Å². The van der Waals surface area contributed by atoms with Gasteiger partial charge in [0.25, 0.3) is 0 Å². The monoisotopic (exact) mass is 358 g/mol. The highest BCUT2D eigenvalue weighted by Crippen LogP contribution is 2.19. The molecule has 1 aromatic rings. The number of rotatable bonds is 6. The van der Waals surface area contributed by atoms with E-state index >= 15 is 0 Å². The SMILES string of the molecule is CCOC(=O)CCCNC(=S)Nc1ccc(Br)c(C)c1. The summed E-state index contributed by atoms with van der Waals surface area (Å²) in [5, 5.41) is 6.72. The minimum absolute atomic E-state index is 0.170. The second kappa shape index (κ2) is 8.92. The molecular formula is C14H19BrN2O2S. The highest BCUT2D eigenvalue weighted by molar-refractivity contribution is 9.10. The molecule has 0 unspecified atom stereocenters. The summed E-state index contributed by atoms with van der Waals surface area (Å²) in [7, 11) is 0. The van der Waals surface area contributed by atoms with Gasteiger partial charge in [-0.25, -0.2) is 0 Å². The average molecular weight is 359 g/mol. The molecule has 0 aliphatic heterocycles. The van der Waals surface area contributed by atoms with Crippen LogP contribution in [-0.2, 0) is 9.53 Å². The van der Waals surface area contributed by atoms with Crippen molar-refractivity contribution in [3.05, 3.63) is 28.2 Å². The first-order valence-electron chi connectivity index (χ1n) is 6.49. The van der Waals surface area contributed by atoms with E-state index in [4.69, 9.17) is 17.0 Å². The summed E-state index contributed by atoms with van der Waals surface area (Å²) in [6.45, 7) is 4.88. The molecule has 0 fully saturated rings. The lowest BCUT2D eigenvalue weighted by atomic mass is 10.2. The molecule has 0 saturated heterocycles. The molecule has 0 aliphatic rings. The third kappa shape index (κ3) is 6.34. The minimum atomic E-state index is -0.170. The molecule has 1 aromatic carbocycles. The number of benzene rings is 1. The lowest BCUT2D eigenvalue weighted by Crippen LogP contribution is -2.29. The lowest BCUT2D eigenvalue weighted by Gasteiger charge is -2.11. The van der Waals surface area contributed by atoms with E-state index in [1.165, 1.54) is 0 Å². The van der Waals surface area contributed by atoms with Crippen LogP contribution in [0.1, 0.15) is 25.3 Å². The Bertz CT molecular complexity index is 480. The van der Waals surface area contributed by atoms with Gasteiger partial charge in [0.05, 0.1) is 6.61 Å². The van der Waals surface area contributed by atoms with Crippen LogP contribution in [0.5, 0.6) is 0 Å². The third-order valence-electron chi connectivity index (χ3n) is 2.56. The minimum Gasteiger partial charge on any atom is -0.466 e. The third-order valence-corrected chi connectivity index (χ3v) is 3.70. The van der Waals surface area contributed by atoms with Gasteiger partial charge in [0, 0.05) is 23.1 Å². The number of hydrogen-bond donors (Lipinski definition) is 2. The van der Waals surface area contributed by atoms with Crippen LogP contribution >= 0.6 is 28.1 Å². The molecule has 2 N–H and O–H groups in total. The Morgan fingerprint density at radius 1 is 1.45 bits per heavy atom. The summed E-state index contributed by atoms with van der Waals surface area (Å²) < 4.78 is 5.92. The maximum Gasteiger partial charge on any atom is 0.305 e. The molecular weight excluding hydrogens is 340 g/mol. The number of ether oxygens (including phenoxy) is 1. The number of anilines is 1. The van der Waals surface area contributed by atoms with Crippen molar-refractivity contribution in [1.82, 2.24) is 5.32 Å². The molecule has 0 radical (unpaired) electrons. The van der Waals surface area contributed by atoms with Crippen LogP contribution in [0.15, 0.2) is 22.7 Å². The average Bonchev–Trinajstić information content (AvgIpc) is 2.39. The molecule has 1 rings (SSSR count). The van der Waals surface area contributed by atoms with E-state index < -0.39 is 0 Å². The second-order valence-corrected chi connectivity index (χ2v) is 5.52. The van der Waals surface area contributed by atoms with Crippen molar-refractivity contribution in [2.45, 2.75) is 26.7 Å². The van der Waals surface area contributed by atoms with Gasteiger partial charge in [0.2, 0.25) is 0 Å². The van der Waals surface area contributed by atoms with Gasteiger partial charge < -0.3 is 15.4 Å². The van der Waals surface area contributed by atoms with Crippen molar-refractivity contribution in [3.63, 3.8) is 0 Å². The molecule has 110 valence electrons. The van der Waals surface area contributed by atoms with Crippen LogP contribution in [0.25, 0.3) is 0 Å². The van der Waals surface area contributed by atoms with Crippen molar-refractivity contribution in [2.75, 3.05) is 18.5 Å². The Kier molecular flexibility index (Phi) is 7.54. The number of halogens is 1. The highest BCUT2D eigenvalue weighted by Gasteiger charge is 2.02. The molecule has 0 aromatic heterocycles. The van der Waals surface area contributed by atoms with E-state index in [0.717, 1.165) is 15.7 Å². The Hall–Kier alpha value is -1.14. The summed E-state index contributed by atoms with van der Waals surface area (Å²) in [6.07, 6.45) is 1.10. The maximum atomic E-state index is 11.1. The van der Waals surface area contributed by atoms with Gasteiger partial charge in [-0.15, -0.1) is 0 Å². The van der Waals surface area contributed by atoms with Gasteiger partial charge in [-0.2, -0.15) is 0 Å². The number of hydrogen-bond acceptors (Lipinski definition) is 3. The Morgan fingerprint density at radius 3 is 2.85 bits per heavy atom. The first-order chi connectivity index (χ1) is 9.52. The van der Waals surface area contributed by atoms with E-state index in [0.29, 0.717) is 31.1 Å². The summed E-state index contributed by atoms with van der Waals surface area (Å²) in [5.41, 5.74) is 2.08. The molecule has 0 bridgehead atoms. The molecule has 0 atom stereocenters. The molecule has 4 nitrogen and oxygen atoms in total. The fourth-order valence-electron chi connectivity index (χ4n) is 1.57.